The van der Waals surface area contributed by atoms with Gasteiger partial charge in [-0.25, -0.2) is 0 Å². The third kappa shape index (κ3) is 2.00. The highest BCUT2D eigenvalue weighted by Gasteiger charge is 2.07. The molecule has 0 aliphatic rings. The summed E-state index contributed by atoms with van der Waals surface area (Å²) in [6.45, 7) is 0.588. The average molecular weight is 193 g/mol. The zero-order valence-electron chi connectivity index (χ0n) is 7.86. The van der Waals surface area contributed by atoms with Crippen LogP contribution in [0.25, 0.3) is 0 Å². The molecule has 2 rings (SSSR count). The van der Waals surface area contributed by atoms with E-state index in [1.807, 2.05) is 19.2 Å². The van der Waals surface area contributed by atoms with E-state index in [4.69, 9.17) is 8.94 Å². The molecular formula is C9H11N3O2. The van der Waals surface area contributed by atoms with E-state index in [0.29, 0.717) is 24.7 Å². The zero-order valence-corrected chi connectivity index (χ0v) is 7.86. The SMILES string of the molecule is CNCc1nc(Cc2ccco2)no1. The predicted molar refractivity (Wildman–Crippen MR) is 48.6 cm³/mol. The van der Waals surface area contributed by atoms with E-state index in [0.717, 1.165) is 5.76 Å². The van der Waals surface area contributed by atoms with Crippen molar-refractivity contribution in [3.63, 3.8) is 0 Å². The molecule has 1 N–H and O–H groups in total. The fourth-order valence-electron chi connectivity index (χ4n) is 1.15. The van der Waals surface area contributed by atoms with Crippen molar-refractivity contribution in [1.82, 2.24) is 15.5 Å². The maximum atomic E-state index is 5.17. The Balaban J connectivity index is 2.03. The first-order chi connectivity index (χ1) is 6.88. The van der Waals surface area contributed by atoms with E-state index in [2.05, 4.69) is 15.5 Å². The summed E-state index contributed by atoms with van der Waals surface area (Å²) in [5.41, 5.74) is 0. The van der Waals surface area contributed by atoms with Gasteiger partial charge in [-0.2, -0.15) is 4.98 Å². The van der Waals surface area contributed by atoms with Crippen molar-refractivity contribution in [3.8, 4) is 0 Å². The predicted octanol–water partition coefficient (Wildman–Crippen LogP) is 0.973. The Labute approximate surface area is 81.1 Å². The number of furan rings is 1. The Bertz CT molecular complexity index is 380. The van der Waals surface area contributed by atoms with Gasteiger partial charge in [-0.15, -0.1) is 0 Å². The molecule has 0 spiro atoms. The lowest BCUT2D eigenvalue weighted by atomic mass is 10.3. The minimum absolute atomic E-state index is 0.570. The van der Waals surface area contributed by atoms with Crippen molar-refractivity contribution in [2.75, 3.05) is 7.05 Å². The Morgan fingerprint density at radius 3 is 3.14 bits per heavy atom. The summed E-state index contributed by atoms with van der Waals surface area (Å²) in [5, 5.41) is 6.76. The maximum absolute atomic E-state index is 5.17. The summed E-state index contributed by atoms with van der Waals surface area (Å²) in [7, 11) is 1.83. The number of nitrogens with one attached hydrogen (secondary N) is 1. The summed E-state index contributed by atoms with van der Waals surface area (Å²) in [5.74, 6) is 2.07. The van der Waals surface area contributed by atoms with Crippen molar-refractivity contribution < 1.29 is 8.94 Å². The average Bonchev–Trinajstić information content (AvgIpc) is 2.79. The minimum Gasteiger partial charge on any atom is -0.469 e. The van der Waals surface area contributed by atoms with Crippen LogP contribution in [-0.2, 0) is 13.0 Å². The molecule has 0 fully saturated rings. The summed E-state index contributed by atoms with van der Waals surface area (Å²) in [6, 6.07) is 3.72. The van der Waals surface area contributed by atoms with Gasteiger partial charge in [-0.1, -0.05) is 5.16 Å². The molecule has 5 nitrogen and oxygen atoms in total. The van der Waals surface area contributed by atoms with Crippen LogP contribution in [-0.4, -0.2) is 17.2 Å². The monoisotopic (exact) mass is 193 g/mol. The molecule has 2 aromatic rings. The summed E-state index contributed by atoms with van der Waals surface area (Å²) < 4.78 is 10.2. The van der Waals surface area contributed by atoms with Gasteiger partial charge in [0.1, 0.15) is 5.76 Å². The van der Waals surface area contributed by atoms with Crippen LogP contribution in [0.15, 0.2) is 27.3 Å². The van der Waals surface area contributed by atoms with Crippen LogP contribution in [0.5, 0.6) is 0 Å². The number of nitrogens with zero attached hydrogens (tertiary/aromatic N) is 2. The Kier molecular flexibility index (Phi) is 2.60. The van der Waals surface area contributed by atoms with E-state index in [1.165, 1.54) is 0 Å². The van der Waals surface area contributed by atoms with Crippen molar-refractivity contribution >= 4 is 0 Å². The van der Waals surface area contributed by atoms with E-state index < -0.39 is 0 Å². The molecule has 0 atom stereocenters. The molecule has 0 saturated heterocycles. The topological polar surface area (TPSA) is 64.1 Å². The molecule has 0 aromatic carbocycles. The van der Waals surface area contributed by atoms with E-state index >= 15 is 0 Å². The Morgan fingerprint density at radius 1 is 1.50 bits per heavy atom. The Morgan fingerprint density at radius 2 is 2.43 bits per heavy atom. The van der Waals surface area contributed by atoms with Crippen molar-refractivity contribution in [2.45, 2.75) is 13.0 Å². The Hall–Kier alpha value is -1.62. The van der Waals surface area contributed by atoms with Gasteiger partial charge in [0.05, 0.1) is 19.2 Å². The first kappa shape index (κ1) is 8.96. The zero-order chi connectivity index (χ0) is 9.80. The molecule has 0 unspecified atom stereocenters. The van der Waals surface area contributed by atoms with E-state index in [-0.39, 0.29) is 0 Å². The molecule has 0 amide bonds. The van der Waals surface area contributed by atoms with Gasteiger partial charge >= 0.3 is 0 Å². The number of hydrogen-bond acceptors (Lipinski definition) is 5. The van der Waals surface area contributed by atoms with Crippen molar-refractivity contribution in [1.29, 1.82) is 0 Å². The number of rotatable bonds is 4. The second-order valence-corrected chi connectivity index (χ2v) is 2.89. The first-order valence-corrected chi connectivity index (χ1v) is 4.37. The summed E-state index contributed by atoms with van der Waals surface area (Å²) in [4.78, 5) is 4.17. The van der Waals surface area contributed by atoms with Crippen LogP contribution in [0.1, 0.15) is 17.5 Å². The van der Waals surface area contributed by atoms with Gasteiger partial charge in [0.2, 0.25) is 5.89 Å². The normalized spacial score (nSPS) is 10.6. The lowest BCUT2D eigenvalue weighted by Gasteiger charge is -1.88. The van der Waals surface area contributed by atoms with Crippen molar-refractivity contribution in [2.24, 2.45) is 0 Å². The fourth-order valence-corrected chi connectivity index (χ4v) is 1.15. The number of hydrogen-bond donors (Lipinski definition) is 1. The van der Waals surface area contributed by atoms with Crippen LogP contribution >= 0.6 is 0 Å². The summed E-state index contributed by atoms with van der Waals surface area (Å²) in [6.07, 6.45) is 2.20. The molecule has 0 aliphatic carbocycles. The molecule has 0 aliphatic heterocycles. The lowest BCUT2D eigenvalue weighted by Crippen LogP contribution is -2.05. The van der Waals surface area contributed by atoms with Crippen LogP contribution in [0.4, 0.5) is 0 Å². The highest BCUT2D eigenvalue weighted by atomic mass is 16.5. The highest BCUT2D eigenvalue weighted by molar-refractivity contribution is 5.05. The van der Waals surface area contributed by atoms with Crippen LogP contribution in [0, 0.1) is 0 Å². The van der Waals surface area contributed by atoms with Gasteiger partial charge in [0.25, 0.3) is 0 Å². The molecule has 0 saturated carbocycles. The largest absolute Gasteiger partial charge is 0.469 e. The number of aromatic nitrogens is 2. The van der Waals surface area contributed by atoms with E-state index in [1.54, 1.807) is 6.26 Å². The molecule has 14 heavy (non-hydrogen) atoms. The molecule has 0 radical (unpaired) electrons. The van der Waals surface area contributed by atoms with Crippen LogP contribution < -0.4 is 5.32 Å². The molecule has 5 heteroatoms. The van der Waals surface area contributed by atoms with Crippen LogP contribution in [0.2, 0.25) is 0 Å². The van der Waals surface area contributed by atoms with Gasteiger partial charge in [0, 0.05) is 0 Å². The van der Waals surface area contributed by atoms with Gasteiger partial charge < -0.3 is 14.3 Å². The van der Waals surface area contributed by atoms with Gasteiger partial charge in [0.15, 0.2) is 5.82 Å². The molecule has 2 heterocycles. The standard InChI is InChI=1S/C9H11N3O2/c1-10-6-9-11-8(12-14-9)5-7-3-2-4-13-7/h2-4,10H,5-6H2,1H3. The maximum Gasteiger partial charge on any atom is 0.240 e. The van der Waals surface area contributed by atoms with Crippen LogP contribution in [0.3, 0.4) is 0 Å². The second kappa shape index (κ2) is 4.06. The highest BCUT2D eigenvalue weighted by Crippen LogP contribution is 2.06. The minimum atomic E-state index is 0.570. The van der Waals surface area contributed by atoms with E-state index in [9.17, 15) is 0 Å². The quantitative estimate of drug-likeness (QED) is 0.783. The fraction of sp³-hybridized carbons (Fsp3) is 0.333. The molecular weight excluding hydrogens is 182 g/mol. The summed E-state index contributed by atoms with van der Waals surface area (Å²) >= 11 is 0. The third-order valence-corrected chi connectivity index (χ3v) is 1.75. The molecule has 0 bridgehead atoms. The lowest BCUT2D eigenvalue weighted by molar-refractivity contribution is 0.366. The van der Waals surface area contributed by atoms with Crippen molar-refractivity contribution in [3.05, 3.63) is 35.9 Å². The first-order valence-electron chi connectivity index (χ1n) is 4.37. The van der Waals surface area contributed by atoms with Gasteiger partial charge in [-0.05, 0) is 19.2 Å². The second-order valence-electron chi connectivity index (χ2n) is 2.89. The molecule has 74 valence electrons. The third-order valence-electron chi connectivity index (χ3n) is 1.75. The smallest absolute Gasteiger partial charge is 0.240 e. The van der Waals surface area contributed by atoms with Gasteiger partial charge in [-0.3, -0.25) is 0 Å². The molecule has 2 aromatic heterocycles.